The quantitative estimate of drug-likeness (QED) is 0.611. The van der Waals surface area contributed by atoms with Crippen molar-refractivity contribution in [1.82, 2.24) is 0 Å². The second-order valence-corrected chi connectivity index (χ2v) is 4.60. The monoisotopic (exact) mass is 324 g/mol. The Labute approximate surface area is 133 Å². The van der Waals surface area contributed by atoms with Gasteiger partial charge in [-0.2, -0.15) is 0 Å². The van der Waals surface area contributed by atoms with E-state index in [0.717, 1.165) is 0 Å². The molecule has 4 N–H and O–H groups in total. The predicted octanol–water partition coefficient (Wildman–Crippen LogP) is 3.00. The van der Waals surface area contributed by atoms with E-state index in [-0.39, 0.29) is 0 Å². The summed E-state index contributed by atoms with van der Waals surface area (Å²) in [5, 5.41) is 33.8. The van der Waals surface area contributed by atoms with Gasteiger partial charge in [0.05, 0.1) is 12.8 Å². The molecule has 0 atom stereocenters. The number of hydrogen-bond acceptors (Lipinski definition) is 4. The van der Waals surface area contributed by atoms with Crippen molar-refractivity contribution in [3.8, 4) is 0 Å². The Morgan fingerprint density at radius 2 is 0.864 bits per heavy atom. The summed E-state index contributed by atoms with van der Waals surface area (Å²) in [5.74, 6) is -5.02. The molecule has 0 saturated heterocycles. The molecule has 0 aromatic carbocycles. The third-order valence-electron chi connectivity index (χ3n) is 1.29. The van der Waals surface area contributed by atoms with Gasteiger partial charge in [-0.1, -0.05) is 60.8 Å². The van der Waals surface area contributed by atoms with Gasteiger partial charge in [-0.3, -0.25) is 9.59 Å². The number of rotatable bonds is 5. The van der Waals surface area contributed by atoms with E-state index in [1.54, 1.807) is 0 Å². The Morgan fingerprint density at radius 1 is 0.682 bits per heavy atom. The van der Waals surface area contributed by atoms with E-state index < -0.39 is 36.4 Å². The van der Waals surface area contributed by atoms with Gasteiger partial charge in [-0.15, -0.1) is 0 Å². The Morgan fingerprint density at radius 3 is 0.955 bits per heavy atom. The smallest absolute Gasteiger partial charge is 0.336 e. The largest absolute Gasteiger partial charge is 0.481 e. The normalized spacial score (nSPS) is 8.86. The summed E-state index contributed by atoms with van der Waals surface area (Å²) in [7, 11) is 0. The average Bonchev–Trinajstić information content (AvgIpc) is 2.29. The van der Waals surface area contributed by atoms with Crippen molar-refractivity contribution >= 4 is 17.9 Å². The zero-order valence-electron chi connectivity index (χ0n) is 14.5. The lowest BCUT2D eigenvalue weighted by atomic mass is 9.96. The summed E-state index contributed by atoms with van der Waals surface area (Å²) in [6.45, 7) is 12.8. The maximum Gasteiger partial charge on any atom is 0.336 e. The van der Waals surface area contributed by atoms with E-state index in [9.17, 15) is 14.4 Å². The van der Waals surface area contributed by atoms with Gasteiger partial charge in [-0.05, 0) is 0 Å². The maximum atomic E-state index is 10.3. The molecule has 22 heavy (non-hydrogen) atoms. The van der Waals surface area contributed by atoms with Crippen molar-refractivity contribution in [2.75, 3.05) is 0 Å². The summed E-state index contributed by atoms with van der Waals surface area (Å²) in [4.78, 5) is 30.5. The Kier molecular flexibility index (Phi) is 25.1. The number of carboxylic acids is 3. The maximum absolute atomic E-state index is 10.3. The lowest BCUT2D eigenvalue weighted by Crippen LogP contribution is -2.42. The predicted molar refractivity (Wildman–Crippen MR) is 85.0 cm³/mol. The summed E-state index contributed by atoms with van der Waals surface area (Å²) >= 11 is 0. The van der Waals surface area contributed by atoms with Crippen LogP contribution in [0, 0.1) is 0 Å². The van der Waals surface area contributed by atoms with E-state index >= 15 is 0 Å². The minimum atomic E-state index is -2.74. The molecule has 7 nitrogen and oxygen atoms in total. The second-order valence-electron chi connectivity index (χ2n) is 4.60. The SMILES string of the molecule is CCC.CCC.CCC.O=C(O)CC(O)(CC(=O)O)C(=O)O. The third kappa shape index (κ3) is 26.8. The second kappa shape index (κ2) is 19.4. The molecule has 0 radical (unpaired) electrons. The number of carbonyl (C=O) groups is 3. The molecule has 0 saturated carbocycles. The van der Waals surface area contributed by atoms with Crippen molar-refractivity contribution in [3.63, 3.8) is 0 Å². The number of hydrogen-bond donors (Lipinski definition) is 4. The van der Waals surface area contributed by atoms with E-state index in [2.05, 4.69) is 41.5 Å². The average molecular weight is 324 g/mol. The Balaban J connectivity index is -0.000000148. The van der Waals surface area contributed by atoms with Crippen LogP contribution in [-0.4, -0.2) is 43.9 Å². The van der Waals surface area contributed by atoms with Crippen molar-refractivity contribution in [2.45, 2.75) is 79.2 Å². The van der Waals surface area contributed by atoms with Gasteiger partial charge >= 0.3 is 17.9 Å². The lowest BCUT2D eigenvalue weighted by molar-refractivity contribution is -0.170. The standard InChI is InChI=1S/C6H8O7.3C3H8/c7-3(8)1-6(13,5(11)12)2-4(9)10;3*1-3-2/h13H,1-2H2,(H,7,8)(H,9,10)(H,11,12);3*3H2,1-2H3. The fourth-order valence-corrected chi connectivity index (χ4v) is 0.714. The molecule has 0 aromatic heterocycles. The van der Waals surface area contributed by atoms with Crippen LogP contribution < -0.4 is 0 Å². The molecule has 0 amide bonds. The van der Waals surface area contributed by atoms with Crippen LogP contribution in [0.4, 0.5) is 0 Å². The van der Waals surface area contributed by atoms with Gasteiger partial charge < -0.3 is 20.4 Å². The van der Waals surface area contributed by atoms with Crippen LogP contribution in [0.1, 0.15) is 73.6 Å². The van der Waals surface area contributed by atoms with E-state index in [0.29, 0.717) is 0 Å². The molecule has 0 spiro atoms. The third-order valence-corrected chi connectivity index (χ3v) is 1.29. The first-order valence-electron chi connectivity index (χ1n) is 7.41. The van der Waals surface area contributed by atoms with Crippen LogP contribution in [-0.2, 0) is 14.4 Å². The minimum absolute atomic E-state index is 1.14. The van der Waals surface area contributed by atoms with Gasteiger partial charge in [0.15, 0.2) is 5.60 Å². The van der Waals surface area contributed by atoms with Gasteiger partial charge in [0.25, 0.3) is 0 Å². The minimum Gasteiger partial charge on any atom is -0.481 e. The molecule has 134 valence electrons. The van der Waals surface area contributed by atoms with Crippen LogP contribution in [0.25, 0.3) is 0 Å². The zero-order valence-corrected chi connectivity index (χ0v) is 14.5. The molecule has 0 aromatic rings. The summed E-state index contributed by atoms with van der Waals surface area (Å²) in [5.41, 5.74) is -2.74. The highest BCUT2D eigenvalue weighted by molar-refractivity contribution is 5.88. The van der Waals surface area contributed by atoms with Crippen molar-refractivity contribution < 1.29 is 34.8 Å². The van der Waals surface area contributed by atoms with Gasteiger partial charge in [0.1, 0.15) is 0 Å². The summed E-state index contributed by atoms with van der Waals surface area (Å²) < 4.78 is 0. The number of aliphatic hydroxyl groups is 1. The zero-order chi connectivity index (χ0) is 18.8. The van der Waals surface area contributed by atoms with E-state index in [1.807, 2.05) is 0 Å². The molecular weight excluding hydrogens is 292 g/mol. The van der Waals surface area contributed by atoms with E-state index in [4.69, 9.17) is 20.4 Å². The van der Waals surface area contributed by atoms with Crippen LogP contribution >= 0.6 is 0 Å². The Hall–Kier alpha value is -1.63. The number of carboxylic acid groups (broad SMARTS) is 3. The Bertz CT molecular complexity index is 267. The molecular formula is C15H32O7. The molecule has 0 aliphatic rings. The molecule has 0 rings (SSSR count). The fraction of sp³-hybridized carbons (Fsp3) is 0.800. The molecule has 0 unspecified atom stereocenters. The van der Waals surface area contributed by atoms with Crippen molar-refractivity contribution in [3.05, 3.63) is 0 Å². The molecule has 0 fully saturated rings. The molecule has 7 heteroatoms. The highest BCUT2D eigenvalue weighted by Crippen LogP contribution is 2.15. The van der Waals surface area contributed by atoms with Crippen LogP contribution in [0.15, 0.2) is 0 Å². The van der Waals surface area contributed by atoms with Gasteiger partial charge in [0, 0.05) is 0 Å². The first kappa shape index (κ1) is 28.5. The summed E-state index contributed by atoms with van der Waals surface area (Å²) in [6.07, 6.45) is 1.46. The van der Waals surface area contributed by atoms with Gasteiger partial charge in [-0.25, -0.2) is 4.79 Å². The fourth-order valence-electron chi connectivity index (χ4n) is 0.714. The first-order valence-corrected chi connectivity index (χ1v) is 7.41. The molecule has 0 aliphatic heterocycles. The molecule has 0 aliphatic carbocycles. The van der Waals surface area contributed by atoms with Crippen LogP contribution in [0.5, 0.6) is 0 Å². The highest BCUT2D eigenvalue weighted by atomic mass is 16.4. The molecule has 0 bridgehead atoms. The topological polar surface area (TPSA) is 132 Å². The lowest BCUT2D eigenvalue weighted by Gasteiger charge is -2.18. The first-order chi connectivity index (χ1) is 10.0. The summed E-state index contributed by atoms with van der Waals surface area (Å²) in [6, 6.07) is 0. The highest BCUT2D eigenvalue weighted by Gasteiger charge is 2.40. The van der Waals surface area contributed by atoms with E-state index in [1.165, 1.54) is 19.3 Å². The molecule has 0 heterocycles. The van der Waals surface area contributed by atoms with Crippen LogP contribution in [0.2, 0.25) is 0 Å². The van der Waals surface area contributed by atoms with Crippen molar-refractivity contribution in [2.24, 2.45) is 0 Å². The number of aliphatic carboxylic acids is 3. The van der Waals surface area contributed by atoms with Gasteiger partial charge in [0.2, 0.25) is 0 Å². The van der Waals surface area contributed by atoms with Crippen LogP contribution in [0.3, 0.4) is 0 Å². The van der Waals surface area contributed by atoms with Crippen molar-refractivity contribution in [1.29, 1.82) is 0 Å².